The largest absolute Gasteiger partial charge is 0.447 e. The lowest BCUT2D eigenvalue weighted by Crippen LogP contribution is -2.40. The van der Waals surface area contributed by atoms with Crippen molar-refractivity contribution in [1.82, 2.24) is 23.9 Å². The van der Waals surface area contributed by atoms with E-state index in [9.17, 15) is 17.1 Å². The molecule has 0 aliphatic heterocycles. The summed E-state index contributed by atoms with van der Waals surface area (Å²) in [5, 5.41) is 11.5. The molecule has 3 aromatic rings. The van der Waals surface area contributed by atoms with Gasteiger partial charge in [-0.1, -0.05) is 39.2 Å². The lowest BCUT2D eigenvalue weighted by atomic mass is 9.90. The summed E-state index contributed by atoms with van der Waals surface area (Å²) in [6.45, 7) is 12.9. The van der Waals surface area contributed by atoms with E-state index in [1.54, 1.807) is 64.3 Å². The molecule has 0 unspecified atom stereocenters. The summed E-state index contributed by atoms with van der Waals surface area (Å²) in [5.41, 5.74) is 5.00. The second kappa shape index (κ2) is 16.2. The van der Waals surface area contributed by atoms with Crippen molar-refractivity contribution in [3.63, 3.8) is 0 Å². The predicted octanol–water partition coefficient (Wildman–Crippen LogP) is 7.17. The molecule has 0 saturated heterocycles. The third kappa shape index (κ3) is 10.8. The molecule has 15 heteroatoms. The number of amides is 1. The molecule has 1 aliphatic carbocycles. The van der Waals surface area contributed by atoms with E-state index in [1.807, 2.05) is 13.8 Å². The molecule has 1 aromatic carbocycles. The predicted molar refractivity (Wildman–Crippen MR) is 168 cm³/mol. The van der Waals surface area contributed by atoms with Crippen LogP contribution in [-0.2, 0) is 14.8 Å². The van der Waals surface area contributed by atoms with Crippen LogP contribution in [0.15, 0.2) is 35.6 Å². The average Bonchev–Trinajstić information content (AvgIpc) is 3.58. The number of hydrogen-bond donors (Lipinski definition) is 3. The molecular weight excluding hydrogens is 602 g/mol. The molecule has 2 aromatic heterocycles. The van der Waals surface area contributed by atoms with E-state index in [2.05, 4.69) is 35.7 Å². The molecular formula is C27H42FN7O4S3. The third-order valence-electron chi connectivity index (χ3n) is 5.66. The fourth-order valence-corrected chi connectivity index (χ4v) is 7.23. The number of sulfonamides is 1. The maximum absolute atomic E-state index is 13.4. The van der Waals surface area contributed by atoms with Gasteiger partial charge in [-0.2, -0.15) is 0 Å². The third-order valence-corrected chi connectivity index (χ3v) is 9.06. The number of nitrogens with two attached hydrogens (primary N) is 1. The van der Waals surface area contributed by atoms with Crippen molar-refractivity contribution in [3.8, 4) is 10.4 Å². The van der Waals surface area contributed by atoms with Crippen LogP contribution < -0.4 is 15.8 Å². The monoisotopic (exact) mass is 643 g/mol. The van der Waals surface area contributed by atoms with Gasteiger partial charge in [0.05, 0.1) is 20.9 Å². The van der Waals surface area contributed by atoms with Gasteiger partial charge >= 0.3 is 6.09 Å². The van der Waals surface area contributed by atoms with Crippen molar-refractivity contribution in [1.29, 1.82) is 0 Å². The molecule has 4 N–H and O–H groups in total. The molecule has 2 heterocycles. The summed E-state index contributed by atoms with van der Waals surface area (Å²) in [6.07, 6.45) is 8.10. The first-order valence-corrected chi connectivity index (χ1v) is 16.8. The number of halogens is 1. The van der Waals surface area contributed by atoms with E-state index < -0.39 is 21.7 Å². The van der Waals surface area contributed by atoms with Crippen molar-refractivity contribution in [3.05, 3.63) is 35.7 Å². The molecule has 42 heavy (non-hydrogen) atoms. The SMILES string of the molecule is CC.CC(C)(C)NS(=O)(=O)c1cc(Nc2nncn2SF)ccc1-c1cnc(C2CCCCC2)s1.CC(C)OC(N)=O. The van der Waals surface area contributed by atoms with E-state index in [0.717, 1.165) is 26.7 Å². The Morgan fingerprint density at radius 3 is 2.43 bits per heavy atom. The molecule has 1 amide bonds. The number of rotatable bonds is 8. The molecule has 0 spiro atoms. The smallest absolute Gasteiger partial charge is 0.404 e. The maximum Gasteiger partial charge on any atom is 0.404 e. The highest BCUT2D eigenvalue weighted by atomic mass is 32.2. The second-order valence-corrected chi connectivity index (χ2v) is 13.9. The molecule has 1 aliphatic rings. The summed E-state index contributed by atoms with van der Waals surface area (Å²) in [4.78, 5) is 15.4. The van der Waals surface area contributed by atoms with Gasteiger partial charge in [-0.05, 0) is 59.6 Å². The molecule has 0 radical (unpaired) electrons. The van der Waals surface area contributed by atoms with Crippen LogP contribution >= 0.6 is 23.7 Å². The average molecular weight is 644 g/mol. The Bertz CT molecular complexity index is 1380. The minimum absolute atomic E-state index is 0.0528. The molecule has 1 fully saturated rings. The second-order valence-electron chi connectivity index (χ2n) is 10.6. The quantitative estimate of drug-likeness (QED) is 0.232. The van der Waals surface area contributed by atoms with Crippen molar-refractivity contribution < 1.29 is 21.8 Å². The highest BCUT2D eigenvalue weighted by molar-refractivity contribution is 7.92. The summed E-state index contributed by atoms with van der Waals surface area (Å²) in [6, 6.07) is 5.03. The Kier molecular flexibility index (Phi) is 13.7. The van der Waals surface area contributed by atoms with Gasteiger partial charge < -0.3 is 15.8 Å². The van der Waals surface area contributed by atoms with Gasteiger partial charge in [0.15, 0.2) is 12.3 Å². The zero-order chi connectivity index (χ0) is 31.5. The number of carbonyl (C=O) groups excluding carboxylic acids is 1. The van der Waals surface area contributed by atoms with E-state index in [1.165, 1.54) is 31.7 Å². The number of nitrogens with zero attached hydrogens (tertiary/aromatic N) is 4. The zero-order valence-corrected chi connectivity index (χ0v) is 27.6. The number of carbonyl (C=O) groups is 1. The van der Waals surface area contributed by atoms with Crippen LogP contribution in [0.3, 0.4) is 0 Å². The Labute approximate surface area is 256 Å². The van der Waals surface area contributed by atoms with Gasteiger partial charge in [-0.3, -0.25) is 0 Å². The number of aromatic nitrogens is 4. The summed E-state index contributed by atoms with van der Waals surface area (Å²) >= 11 is 1.50. The van der Waals surface area contributed by atoms with Crippen LogP contribution in [0, 0.1) is 0 Å². The zero-order valence-electron chi connectivity index (χ0n) is 25.2. The number of benzene rings is 1. The first-order valence-electron chi connectivity index (χ1n) is 13.9. The number of ether oxygens (including phenoxy) is 1. The van der Waals surface area contributed by atoms with E-state index in [4.69, 9.17) is 0 Å². The van der Waals surface area contributed by atoms with Crippen LogP contribution in [0.1, 0.15) is 91.5 Å². The topological polar surface area (TPSA) is 154 Å². The number of anilines is 2. The molecule has 0 bridgehead atoms. The van der Waals surface area contributed by atoms with E-state index in [-0.39, 0.29) is 29.3 Å². The fraction of sp³-hybridized carbons (Fsp3) is 0.556. The maximum atomic E-state index is 13.4. The number of nitrogens with one attached hydrogen (secondary N) is 2. The minimum Gasteiger partial charge on any atom is -0.447 e. The van der Waals surface area contributed by atoms with E-state index in [0.29, 0.717) is 17.2 Å². The number of hydrogen-bond acceptors (Lipinski definition) is 10. The minimum atomic E-state index is -3.86. The summed E-state index contributed by atoms with van der Waals surface area (Å²) in [7, 11) is -3.86. The first kappa shape index (κ1) is 35.4. The molecule has 234 valence electrons. The Hall–Kier alpha value is -2.75. The lowest BCUT2D eigenvalue weighted by Gasteiger charge is -2.22. The summed E-state index contributed by atoms with van der Waals surface area (Å²) < 4.78 is 48.0. The van der Waals surface area contributed by atoms with Crippen molar-refractivity contribution in [2.24, 2.45) is 5.73 Å². The summed E-state index contributed by atoms with van der Waals surface area (Å²) in [5.74, 6) is 0.593. The van der Waals surface area contributed by atoms with Gasteiger partial charge in [0, 0.05) is 28.9 Å². The molecule has 0 atom stereocenters. The van der Waals surface area contributed by atoms with Crippen LogP contribution in [0.5, 0.6) is 0 Å². The normalized spacial score (nSPS) is 13.9. The van der Waals surface area contributed by atoms with Crippen molar-refractivity contribution >= 4 is 51.4 Å². The van der Waals surface area contributed by atoms with Crippen LogP contribution in [0.4, 0.5) is 20.3 Å². The van der Waals surface area contributed by atoms with Crippen LogP contribution in [0.25, 0.3) is 10.4 Å². The van der Waals surface area contributed by atoms with Gasteiger partial charge in [0.25, 0.3) is 0 Å². The molecule has 4 rings (SSSR count). The first-order chi connectivity index (χ1) is 19.8. The van der Waals surface area contributed by atoms with E-state index >= 15 is 0 Å². The Morgan fingerprint density at radius 1 is 1.21 bits per heavy atom. The van der Waals surface area contributed by atoms with Crippen LogP contribution in [-0.4, -0.2) is 45.3 Å². The van der Waals surface area contributed by atoms with Gasteiger partial charge in [-0.15, -0.1) is 25.4 Å². The highest BCUT2D eigenvalue weighted by Crippen LogP contribution is 2.40. The van der Waals surface area contributed by atoms with Crippen molar-refractivity contribution in [2.45, 2.75) is 103 Å². The molecule has 11 nitrogen and oxygen atoms in total. The number of primary amides is 1. The van der Waals surface area contributed by atoms with Crippen LogP contribution in [0.2, 0.25) is 0 Å². The molecule has 1 saturated carbocycles. The van der Waals surface area contributed by atoms with Crippen molar-refractivity contribution in [2.75, 3.05) is 5.32 Å². The standard InChI is InChI=1S/C21H27FN6O2S3.C4H9NO2.C2H6/c1-21(2,3)27-33(29,30)18-11-15(25-20-26-24-13-28(20)32-22)9-10-16(18)17-12-23-19(31-17)14-7-5-4-6-8-14;1-3(2)7-4(5)6;1-2/h9-14,27H,4-8H2,1-3H3,(H,25,26);3H,1-2H3,(H2,5,6);1-2H3. The Balaban J connectivity index is 0.000000601. The fourth-order valence-electron chi connectivity index (χ4n) is 4.15. The van der Waals surface area contributed by atoms with Gasteiger partial charge in [0.2, 0.25) is 16.0 Å². The highest BCUT2D eigenvalue weighted by Gasteiger charge is 2.27. The van der Waals surface area contributed by atoms with Gasteiger partial charge in [-0.25, -0.2) is 26.9 Å². The Morgan fingerprint density at radius 2 is 1.88 bits per heavy atom. The number of thiazole rings is 1. The lowest BCUT2D eigenvalue weighted by molar-refractivity contribution is 0.125. The van der Waals surface area contributed by atoms with Gasteiger partial charge in [0.1, 0.15) is 6.33 Å².